The Labute approximate surface area is 261 Å². The van der Waals surface area contributed by atoms with E-state index in [1.54, 1.807) is 0 Å². The Morgan fingerprint density at radius 2 is 0.575 bits per heavy atom. The summed E-state index contributed by atoms with van der Waals surface area (Å²) in [5.74, 6) is 0.885. The molecule has 0 spiro atoms. The van der Waals surface area contributed by atoms with Crippen molar-refractivity contribution in [3.8, 4) is 0 Å². The van der Waals surface area contributed by atoms with Gasteiger partial charge in [-0.05, 0) is 44.4 Å². The van der Waals surface area contributed by atoms with Crippen molar-refractivity contribution in [2.45, 2.75) is 219 Å². The molecule has 0 unspecified atom stereocenters. The largest absolute Gasteiger partial charge is 1.00 e. The lowest BCUT2D eigenvalue weighted by atomic mass is 10.0. The Hall–Kier alpha value is -0.0100. The van der Waals surface area contributed by atoms with Gasteiger partial charge >= 0.3 is 0 Å². The Balaban J connectivity index is 0. The van der Waals surface area contributed by atoms with Gasteiger partial charge in [0.1, 0.15) is 0 Å². The third-order valence-electron chi connectivity index (χ3n) is 8.69. The molecule has 0 aromatic carbocycles. The highest BCUT2D eigenvalue weighted by Gasteiger charge is 1.97. The molecule has 0 saturated carbocycles. The van der Waals surface area contributed by atoms with Crippen molar-refractivity contribution in [3.05, 3.63) is 12.2 Å². The van der Waals surface area contributed by atoms with Gasteiger partial charge in [0, 0.05) is 0 Å². The molecule has 242 valence electrons. The molecule has 0 saturated heterocycles. The van der Waals surface area contributed by atoms with E-state index in [-0.39, 0.29) is 12.4 Å². The molecule has 0 aliphatic heterocycles. The summed E-state index contributed by atoms with van der Waals surface area (Å²) in [6.07, 6.45) is 51.2. The quantitative estimate of drug-likeness (QED) is 0.0576. The summed E-state index contributed by atoms with van der Waals surface area (Å²) in [7, 11) is 0. The summed E-state index contributed by atoms with van der Waals surface area (Å²) in [6.45, 7) is 5.81. The number of quaternary nitrogens is 1. The highest BCUT2D eigenvalue weighted by Crippen LogP contribution is 2.16. The van der Waals surface area contributed by atoms with Gasteiger partial charge in [0.05, 0.1) is 6.54 Å². The Morgan fingerprint density at radius 1 is 0.350 bits per heavy atom. The molecule has 0 aromatic rings. The van der Waals surface area contributed by atoms with Gasteiger partial charge in [0.15, 0.2) is 0 Å². The minimum absolute atomic E-state index is 0. The molecule has 0 aromatic heterocycles. The molecule has 0 aliphatic rings. The Kier molecular flexibility index (Phi) is 41.1. The number of unbranched alkanes of at least 4 members (excludes halogenated alkanes) is 29. The minimum atomic E-state index is 0. The van der Waals surface area contributed by atoms with E-state index >= 15 is 0 Å². The summed E-state index contributed by atoms with van der Waals surface area (Å²) < 4.78 is 0. The molecule has 40 heavy (non-hydrogen) atoms. The zero-order valence-corrected chi connectivity index (χ0v) is 28.9. The lowest BCUT2D eigenvalue weighted by Gasteiger charge is -2.04. The number of halogens is 1. The number of rotatable bonds is 34. The van der Waals surface area contributed by atoms with Crippen LogP contribution in [-0.2, 0) is 0 Å². The van der Waals surface area contributed by atoms with Gasteiger partial charge in [-0.25, -0.2) is 0 Å². The number of allylic oxidation sites excluding steroid dienone is 2. The topological polar surface area (TPSA) is 27.6 Å². The maximum absolute atomic E-state index is 3.93. The molecule has 2 heteroatoms. The smallest absolute Gasteiger partial charge is 0.0739 e. The lowest BCUT2D eigenvalue weighted by molar-refractivity contribution is -0.368. The Bertz CT molecular complexity index is 447. The van der Waals surface area contributed by atoms with E-state index in [0.717, 1.165) is 12.5 Å². The van der Waals surface area contributed by atoms with E-state index in [0.29, 0.717) is 0 Å². The molecular weight excluding hydrogens is 506 g/mol. The average molecular weight is 585 g/mol. The van der Waals surface area contributed by atoms with Crippen LogP contribution in [0.5, 0.6) is 0 Å². The predicted molar refractivity (Wildman–Crippen MR) is 179 cm³/mol. The molecule has 1 nitrogen and oxygen atoms in total. The fourth-order valence-electron chi connectivity index (χ4n) is 5.91. The Morgan fingerprint density at radius 3 is 0.825 bits per heavy atom. The summed E-state index contributed by atoms with van der Waals surface area (Å²) in [6, 6.07) is 0. The number of hydrogen-bond donors (Lipinski definition) is 1. The summed E-state index contributed by atoms with van der Waals surface area (Å²) in [4.78, 5) is 0. The van der Waals surface area contributed by atoms with Gasteiger partial charge in [-0.1, -0.05) is 193 Å². The van der Waals surface area contributed by atoms with Crippen molar-refractivity contribution < 1.29 is 18.1 Å². The summed E-state index contributed by atoms with van der Waals surface area (Å²) in [5.41, 5.74) is 3.93. The molecule has 0 radical (unpaired) electrons. The SMILES string of the molecule is CC(C)CCCCCCC/C=C\CCCCCCCCCCCCCCCCCCCCCCCCCC[NH3+].[Cl-]. The van der Waals surface area contributed by atoms with Gasteiger partial charge in [-0.15, -0.1) is 0 Å². The average Bonchev–Trinajstić information content (AvgIpc) is 2.93. The molecule has 0 amide bonds. The first-order valence-electron chi connectivity index (χ1n) is 18.7. The van der Waals surface area contributed by atoms with Crippen LogP contribution in [0.4, 0.5) is 0 Å². The highest BCUT2D eigenvalue weighted by molar-refractivity contribution is 4.81. The molecule has 3 N–H and O–H groups in total. The maximum Gasteiger partial charge on any atom is 0.0739 e. The van der Waals surface area contributed by atoms with Gasteiger partial charge in [-0.3, -0.25) is 0 Å². The summed E-state index contributed by atoms with van der Waals surface area (Å²) in [5, 5.41) is 0. The van der Waals surface area contributed by atoms with Crippen molar-refractivity contribution in [2.75, 3.05) is 6.54 Å². The van der Waals surface area contributed by atoms with Crippen LogP contribution in [0.1, 0.15) is 219 Å². The van der Waals surface area contributed by atoms with Gasteiger partial charge in [0.25, 0.3) is 0 Å². The second-order valence-corrected chi connectivity index (χ2v) is 13.3. The van der Waals surface area contributed by atoms with E-state index in [9.17, 15) is 0 Å². The van der Waals surface area contributed by atoms with Crippen LogP contribution in [0.2, 0.25) is 0 Å². The lowest BCUT2D eigenvalue weighted by Crippen LogP contribution is -3.00. The minimum Gasteiger partial charge on any atom is -1.00 e. The number of hydrogen-bond acceptors (Lipinski definition) is 0. The van der Waals surface area contributed by atoms with Crippen LogP contribution in [0, 0.1) is 5.92 Å². The van der Waals surface area contributed by atoms with Crippen molar-refractivity contribution in [3.63, 3.8) is 0 Å². The highest BCUT2D eigenvalue weighted by atomic mass is 35.5. The van der Waals surface area contributed by atoms with E-state index in [2.05, 4.69) is 31.7 Å². The molecule has 0 rings (SSSR count). The third-order valence-corrected chi connectivity index (χ3v) is 8.69. The van der Waals surface area contributed by atoms with Crippen molar-refractivity contribution in [1.82, 2.24) is 0 Å². The molecule has 0 heterocycles. The van der Waals surface area contributed by atoms with Gasteiger partial charge in [-0.2, -0.15) is 0 Å². The van der Waals surface area contributed by atoms with Crippen molar-refractivity contribution >= 4 is 0 Å². The molecule has 0 atom stereocenters. The second kappa shape index (κ2) is 39.0. The first kappa shape index (κ1) is 42.1. The monoisotopic (exact) mass is 584 g/mol. The van der Waals surface area contributed by atoms with Crippen LogP contribution in [0.25, 0.3) is 0 Å². The van der Waals surface area contributed by atoms with Crippen LogP contribution in [0.15, 0.2) is 12.2 Å². The third kappa shape index (κ3) is 40.1. The van der Waals surface area contributed by atoms with Crippen LogP contribution < -0.4 is 18.1 Å². The zero-order valence-electron chi connectivity index (χ0n) is 28.2. The summed E-state index contributed by atoms with van der Waals surface area (Å²) >= 11 is 0. The predicted octanol–water partition coefficient (Wildman–Crippen LogP) is 9.93. The van der Waals surface area contributed by atoms with E-state index in [1.807, 2.05) is 0 Å². The fourth-order valence-corrected chi connectivity index (χ4v) is 5.91. The second-order valence-electron chi connectivity index (χ2n) is 13.3. The fraction of sp³-hybridized carbons (Fsp3) is 0.947. The molecular formula is C38H78ClN. The van der Waals surface area contributed by atoms with E-state index in [1.165, 1.54) is 205 Å². The van der Waals surface area contributed by atoms with Gasteiger partial charge < -0.3 is 18.1 Å². The standard InChI is InChI=1S/C38H77N.ClH/c1-38(2)36-34-32-30-28-26-24-22-20-18-16-14-12-10-8-6-4-3-5-7-9-11-13-15-17-19-21-23-25-27-29-31-33-35-37-39;/h20,22,38H,3-19,21,23-37,39H2,1-2H3;1H/b22-20-;. The van der Waals surface area contributed by atoms with Gasteiger partial charge in [0.2, 0.25) is 0 Å². The van der Waals surface area contributed by atoms with Crippen LogP contribution >= 0.6 is 0 Å². The van der Waals surface area contributed by atoms with Crippen molar-refractivity contribution in [1.29, 1.82) is 0 Å². The first-order chi connectivity index (χ1) is 19.3. The normalized spacial score (nSPS) is 11.6. The van der Waals surface area contributed by atoms with Crippen LogP contribution in [0.3, 0.4) is 0 Å². The maximum atomic E-state index is 3.93. The molecule has 0 fully saturated rings. The van der Waals surface area contributed by atoms with Crippen molar-refractivity contribution in [2.24, 2.45) is 5.92 Å². The van der Waals surface area contributed by atoms with Crippen LogP contribution in [-0.4, -0.2) is 6.54 Å². The van der Waals surface area contributed by atoms with E-state index < -0.39 is 0 Å². The van der Waals surface area contributed by atoms with E-state index in [4.69, 9.17) is 0 Å². The molecule has 0 aliphatic carbocycles. The first-order valence-corrected chi connectivity index (χ1v) is 18.7. The molecule has 0 bridgehead atoms. The zero-order chi connectivity index (χ0) is 28.3.